The van der Waals surface area contributed by atoms with Crippen molar-refractivity contribution in [3.05, 3.63) is 39.9 Å². The smallest absolute Gasteiger partial charge is 0.315 e. The number of ether oxygens (including phenoxy) is 1. The second-order valence-corrected chi connectivity index (χ2v) is 7.08. The number of hydrazine groups is 1. The summed E-state index contributed by atoms with van der Waals surface area (Å²) in [6.07, 6.45) is 0.223. The van der Waals surface area contributed by atoms with Gasteiger partial charge in [0.25, 0.3) is 17.5 Å². The van der Waals surface area contributed by atoms with Crippen molar-refractivity contribution in [3.8, 4) is 0 Å². The molecule has 134 valence electrons. The van der Waals surface area contributed by atoms with Gasteiger partial charge in [0, 0.05) is 24.1 Å². The summed E-state index contributed by atoms with van der Waals surface area (Å²) < 4.78 is 3.60. The van der Waals surface area contributed by atoms with E-state index in [1.165, 1.54) is 19.1 Å². The molecule has 1 aromatic carbocycles. The Balaban J connectivity index is 1.77. The van der Waals surface area contributed by atoms with Crippen LogP contribution in [0.5, 0.6) is 0 Å². The zero-order valence-electron chi connectivity index (χ0n) is 12.9. The Morgan fingerprint density at radius 3 is 2.28 bits per heavy atom. The summed E-state index contributed by atoms with van der Waals surface area (Å²) >= 11 is 11.6. The molecular formula is C14H13Cl2N3O6. The van der Waals surface area contributed by atoms with Crippen LogP contribution in [0.25, 0.3) is 0 Å². The van der Waals surface area contributed by atoms with Crippen molar-refractivity contribution in [1.82, 2.24) is 10.9 Å². The van der Waals surface area contributed by atoms with Crippen LogP contribution in [0.15, 0.2) is 24.3 Å². The lowest BCUT2D eigenvalue weighted by molar-refractivity contribution is -0.384. The number of amides is 2. The van der Waals surface area contributed by atoms with Gasteiger partial charge in [-0.3, -0.25) is 35.3 Å². The number of esters is 1. The van der Waals surface area contributed by atoms with Crippen LogP contribution in [0.1, 0.15) is 23.7 Å². The molecule has 0 aliphatic heterocycles. The number of nitro benzene ring substituents is 1. The molecule has 0 radical (unpaired) electrons. The van der Waals surface area contributed by atoms with Crippen molar-refractivity contribution in [2.45, 2.75) is 17.7 Å². The SMILES string of the molecule is C[C@]1(C(=O)OCC(=O)NNC(=O)c2ccc([N+](=O)[O-])cc2)CC1(Cl)Cl. The molecule has 0 unspecified atom stereocenters. The van der Waals surface area contributed by atoms with Gasteiger partial charge in [-0.05, 0) is 19.1 Å². The highest BCUT2D eigenvalue weighted by atomic mass is 35.5. The Morgan fingerprint density at radius 2 is 1.80 bits per heavy atom. The Bertz CT molecular complexity index is 737. The topological polar surface area (TPSA) is 128 Å². The normalized spacial score (nSPS) is 20.3. The number of carbonyl (C=O) groups is 3. The maximum Gasteiger partial charge on any atom is 0.315 e. The van der Waals surface area contributed by atoms with Gasteiger partial charge in [0.1, 0.15) is 9.75 Å². The predicted molar refractivity (Wildman–Crippen MR) is 86.8 cm³/mol. The van der Waals surface area contributed by atoms with E-state index in [4.69, 9.17) is 27.9 Å². The molecule has 25 heavy (non-hydrogen) atoms. The summed E-state index contributed by atoms with van der Waals surface area (Å²) in [6.45, 7) is 0.891. The molecule has 9 nitrogen and oxygen atoms in total. The van der Waals surface area contributed by atoms with E-state index >= 15 is 0 Å². The lowest BCUT2D eigenvalue weighted by atomic mass is 10.1. The van der Waals surface area contributed by atoms with Gasteiger partial charge in [0.05, 0.1) is 4.92 Å². The number of halogens is 2. The van der Waals surface area contributed by atoms with Crippen LogP contribution in [-0.2, 0) is 14.3 Å². The fourth-order valence-corrected chi connectivity index (χ4v) is 2.57. The van der Waals surface area contributed by atoms with E-state index in [0.717, 1.165) is 12.1 Å². The summed E-state index contributed by atoms with van der Waals surface area (Å²) in [7, 11) is 0. The molecule has 1 fully saturated rings. The zero-order valence-corrected chi connectivity index (χ0v) is 14.4. The van der Waals surface area contributed by atoms with Gasteiger partial charge in [-0.15, -0.1) is 23.2 Å². The quantitative estimate of drug-likeness (QED) is 0.339. The van der Waals surface area contributed by atoms with E-state index in [2.05, 4.69) is 10.9 Å². The monoisotopic (exact) mass is 389 g/mol. The standard InChI is InChI=1S/C14H13Cl2N3O6/c1-13(7-14(13,15)16)12(22)25-6-10(20)17-18-11(21)8-2-4-9(5-3-8)19(23)24/h2-5H,6-7H2,1H3,(H,17,20)(H,18,21)/t13-/m1/s1. The average molecular weight is 390 g/mol. The third-order valence-electron chi connectivity index (χ3n) is 3.70. The van der Waals surface area contributed by atoms with Gasteiger partial charge in [-0.1, -0.05) is 0 Å². The number of benzene rings is 1. The number of alkyl halides is 2. The van der Waals surface area contributed by atoms with E-state index in [1.54, 1.807) is 0 Å². The second-order valence-electron chi connectivity index (χ2n) is 5.60. The molecule has 2 N–H and O–H groups in total. The third kappa shape index (κ3) is 4.18. The van der Waals surface area contributed by atoms with E-state index < -0.39 is 39.1 Å². The van der Waals surface area contributed by atoms with E-state index in [-0.39, 0.29) is 17.7 Å². The lowest BCUT2D eigenvalue weighted by Gasteiger charge is -2.12. The summed E-state index contributed by atoms with van der Waals surface area (Å²) in [5.41, 5.74) is 3.01. The minimum atomic E-state index is -1.20. The lowest BCUT2D eigenvalue weighted by Crippen LogP contribution is -2.44. The van der Waals surface area contributed by atoms with Crippen LogP contribution in [0.4, 0.5) is 5.69 Å². The van der Waals surface area contributed by atoms with Gasteiger partial charge >= 0.3 is 5.97 Å². The number of hydrogen-bond acceptors (Lipinski definition) is 6. The van der Waals surface area contributed by atoms with Gasteiger partial charge in [-0.2, -0.15) is 0 Å². The molecule has 1 aromatic rings. The highest BCUT2D eigenvalue weighted by Gasteiger charge is 2.69. The molecule has 0 bridgehead atoms. The molecule has 0 heterocycles. The predicted octanol–water partition coefficient (Wildman–Crippen LogP) is 1.48. The number of non-ortho nitro benzene ring substituents is 1. The Hall–Kier alpha value is -2.39. The fraction of sp³-hybridized carbons (Fsp3) is 0.357. The molecule has 2 rings (SSSR count). The Kier molecular flexibility index (Phi) is 5.19. The number of nitrogens with one attached hydrogen (secondary N) is 2. The van der Waals surface area contributed by atoms with Crippen LogP contribution in [0.2, 0.25) is 0 Å². The molecule has 1 aliphatic rings. The van der Waals surface area contributed by atoms with E-state index in [9.17, 15) is 24.5 Å². The summed E-state index contributed by atoms with van der Waals surface area (Å²) in [6, 6.07) is 4.76. The van der Waals surface area contributed by atoms with Crippen molar-refractivity contribution < 1.29 is 24.0 Å². The largest absolute Gasteiger partial charge is 0.455 e. The number of nitrogens with zero attached hydrogens (tertiary/aromatic N) is 1. The Morgan fingerprint density at radius 1 is 1.24 bits per heavy atom. The van der Waals surface area contributed by atoms with Crippen molar-refractivity contribution in [1.29, 1.82) is 0 Å². The molecule has 1 atom stereocenters. The van der Waals surface area contributed by atoms with E-state index in [1.807, 2.05) is 0 Å². The Labute approximate surface area is 151 Å². The number of rotatable bonds is 5. The summed E-state index contributed by atoms with van der Waals surface area (Å²) in [5.74, 6) is -2.18. The molecule has 1 aliphatic carbocycles. The minimum Gasteiger partial charge on any atom is -0.455 e. The van der Waals surface area contributed by atoms with Crippen LogP contribution in [-0.4, -0.2) is 33.6 Å². The van der Waals surface area contributed by atoms with Crippen molar-refractivity contribution >= 4 is 46.7 Å². The number of carbonyl (C=O) groups excluding carboxylic acids is 3. The van der Waals surface area contributed by atoms with Crippen LogP contribution in [0.3, 0.4) is 0 Å². The zero-order chi connectivity index (χ0) is 18.8. The summed E-state index contributed by atoms with van der Waals surface area (Å²) in [4.78, 5) is 45.1. The maximum absolute atomic E-state index is 11.8. The molecule has 1 saturated carbocycles. The van der Waals surface area contributed by atoms with Crippen LogP contribution >= 0.6 is 23.2 Å². The number of nitro groups is 1. The average Bonchev–Trinajstić information content (AvgIpc) is 3.09. The first-order valence-electron chi connectivity index (χ1n) is 6.95. The minimum absolute atomic E-state index is 0.0995. The first-order chi connectivity index (χ1) is 11.6. The van der Waals surface area contributed by atoms with Gasteiger partial charge in [-0.25, -0.2) is 0 Å². The first-order valence-corrected chi connectivity index (χ1v) is 7.71. The first kappa shape index (κ1) is 18.9. The van der Waals surface area contributed by atoms with Crippen molar-refractivity contribution in [3.63, 3.8) is 0 Å². The molecule has 11 heteroatoms. The van der Waals surface area contributed by atoms with Gasteiger partial charge in [0.15, 0.2) is 6.61 Å². The maximum atomic E-state index is 11.8. The molecule has 0 saturated heterocycles. The summed E-state index contributed by atoms with van der Waals surface area (Å²) in [5, 5.41) is 10.5. The molecular weight excluding hydrogens is 377 g/mol. The van der Waals surface area contributed by atoms with Crippen molar-refractivity contribution in [2.75, 3.05) is 6.61 Å². The highest BCUT2D eigenvalue weighted by Crippen LogP contribution is 2.64. The fourth-order valence-electron chi connectivity index (χ4n) is 1.88. The molecule has 2 amide bonds. The van der Waals surface area contributed by atoms with Gasteiger partial charge in [0.2, 0.25) is 0 Å². The van der Waals surface area contributed by atoms with Gasteiger partial charge < -0.3 is 4.74 Å². The second kappa shape index (κ2) is 6.85. The molecule has 0 spiro atoms. The third-order valence-corrected chi connectivity index (χ3v) is 4.80. The van der Waals surface area contributed by atoms with Crippen molar-refractivity contribution in [2.24, 2.45) is 5.41 Å². The highest BCUT2D eigenvalue weighted by molar-refractivity contribution is 6.53. The number of hydrogen-bond donors (Lipinski definition) is 2. The van der Waals surface area contributed by atoms with Crippen LogP contribution < -0.4 is 10.9 Å². The van der Waals surface area contributed by atoms with Crippen LogP contribution in [0, 0.1) is 15.5 Å². The van der Waals surface area contributed by atoms with E-state index in [0.29, 0.717) is 0 Å². The molecule has 0 aromatic heterocycles.